The molecule has 1 aromatic carbocycles. The molecule has 1 unspecified atom stereocenters. The van der Waals surface area contributed by atoms with Crippen molar-refractivity contribution in [3.63, 3.8) is 0 Å². The molecule has 1 saturated heterocycles. The van der Waals surface area contributed by atoms with E-state index in [2.05, 4.69) is 0 Å². The topological polar surface area (TPSA) is 75.8 Å². The van der Waals surface area contributed by atoms with Crippen LogP contribution in [0.4, 0.5) is 5.69 Å². The van der Waals surface area contributed by atoms with E-state index in [-0.39, 0.29) is 24.0 Å². The molecule has 1 saturated carbocycles. The van der Waals surface area contributed by atoms with Crippen LogP contribution in [0.1, 0.15) is 18.4 Å². The van der Waals surface area contributed by atoms with Gasteiger partial charge in [0.2, 0.25) is 5.91 Å². The Hall–Kier alpha value is -1.59. The lowest BCUT2D eigenvalue weighted by Crippen LogP contribution is -2.50. The molecule has 1 aliphatic carbocycles. The van der Waals surface area contributed by atoms with Crippen molar-refractivity contribution in [1.82, 2.24) is 4.90 Å². The molecule has 20 heavy (non-hydrogen) atoms. The molecule has 3 N–H and O–H groups in total. The van der Waals surface area contributed by atoms with E-state index in [1.165, 1.54) is 0 Å². The number of nitrogen functional groups attached to an aromatic ring is 1. The van der Waals surface area contributed by atoms with Crippen molar-refractivity contribution >= 4 is 11.6 Å². The molecule has 3 rings (SSSR count). The predicted molar refractivity (Wildman–Crippen MR) is 75.2 cm³/mol. The molecule has 1 aromatic rings. The van der Waals surface area contributed by atoms with Gasteiger partial charge >= 0.3 is 0 Å². The Morgan fingerprint density at radius 1 is 1.40 bits per heavy atom. The summed E-state index contributed by atoms with van der Waals surface area (Å²) in [4.78, 5) is 14.6. The van der Waals surface area contributed by atoms with Crippen LogP contribution in [0.15, 0.2) is 24.3 Å². The standard InChI is InChI=1S/C15H20N2O3/c16-12-3-1-11(2-4-12)15(5-6-15)14(19)17-7-8-20-13(9-17)10-18/h1-4,13,18H,5-10,16H2. The van der Waals surface area contributed by atoms with Crippen molar-refractivity contribution in [3.05, 3.63) is 29.8 Å². The maximum Gasteiger partial charge on any atom is 0.233 e. The third kappa shape index (κ3) is 2.27. The zero-order valence-electron chi connectivity index (χ0n) is 11.4. The number of aliphatic hydroxyl groups is 1. The quantitative estimate of drug-likeness (QED) is 0.789. The van der Waals surface area contributed by atoms with Gasteiger partial charge in [0.15, 0.2) is 0 Å². The monoisotopic (exact) mass is 276 g/mol. The molecule has 0 aromatic heterocycles. The smallest absolute Gasteiger partial charge is 0.233 e. The number of carbonyl (C=O) groups is 1. The van der Waals surface area contributed by atoms with E-state index >= 15 is 0 Å². The summed E-state index contributed by atoms with van der Waals surface area (Å²) in [6.45, 7) is 1.53. The van der Waals surface area contributed by atoms with Crippen molar-refractivity contribution in [2.45, 2.75) is 24.4 Å². The molecule has 0 bridgehead atoms. The first-order chi connectivity index (χ1) is 9.65. The lowest BCUT2D eigenvalue weighted by Gasteiger charge is -2.34. The van der Waals surface area contributed by atoms with E-state index in [0.29, 0.717) is 25.4 Å². The van der Waals surface area contributed by atoms with Gasteiger partial charge in [0.05, 0.1) is 24.7 Å². The van der Waals surface area contributed by atoms with Gasteiger partial charge in [-0.15, -0.1) is 0 Å². The largest absolute Gasteiger partial charge is 0.399 e. The maximum atomic E-state index is 12.8. The van der Waals surface area contributed by atoms with E-state index in [1.54, 1.807) is 0 Å². The summed E-state index contributed by atoms with van der Waals surface area (Å²) in [6, 6.07) is 7.59. The average molecular weight is 276 g/mol. The first-order valence-electron chi connectivity index (χ1n) is 7.03. The molecule has 5 nitrogen and oxygen atoms in total. The number of nitrogens with two attached hydrogens (primary N) is 1. The second kappa shape index (κ2) is 5.07. The van der Waals surface area contributed by atoms with Crippen LogP contribution in [0.2, 0.25) is 0 Å². The minimum Gasteiger partial charge on any atom is -0.399 e. The summed E-state index contributed by atoms with van der Waals surface area (Å²) in [5.74, 6) is 0.157. The van der Waals surface area contributed by atoms with Crippen LogP contribution < -0.4 is 5.73 Å². The lowest BCUT2D eigenvalue weighted by molar-refractivity contribution is -0.143. The number of carbonyl (C=O) groups excluding carboxylic acids is 1. The number of benzene rings is 1. The summed E-state index contributed by atoms with van der Waals surface area (Å²) in [6.07, 6.45) is 1.52. The van der Waals surface area contributed by atoms with Crippen molar-refractivity contribution in [1.29, 1.82) is 0 Å². The van der Waals surface area contributed by atoms with Crippen molar-refractivity contribution in [2.75, 3.05) is 32.0 Å². The Kier molecular flexibility index (Phi) is 3.40. The fourth-order valence-corrected chi connectivity index (χ4v) is 2.87. The molecule has 5 heteroatoms. The number of morpholine rings is 1. The second-order valence-electron chi connectivity index (χ2n) is 5.63. The van der Waals surface area contributed by atoms with Crippen LogP contribution in [0.3, 0.4) is 0 Å². The van der Waals surface area contributed by atoms with E-state index in [4.69, 9.17) is 10.5 Å². The van der Waals surface area contributed by atoms with Crippen LogP contribution in [-0.4, -0.2) is 48.3 Å². The van der Waals surface area contributed by atoms with Gasteiger partial charge < -0.3 is 20.5 Å². The van der Waals surface area contributed by atoms with E-state index < -0.39 is 0 Å². The molecule has 0 spiro atoms. The molecular weight excluding hydrogens is 256 g/mol. The SMILES string of the molecule is Nc1ccc(C2(C(=O)N3CCOC(CO)C3)CC2)cc1. The Bertz CT molecular complexity index is 496. The van der Waals surface area contributed by atoms with Gasteiger partial charge in [0.1, 0.15) is 0 Å². The Morgan fingerprint density at radius 3 is 2.70 bits per heavy atom. The number of rotatable bonds is 3. The highest BCUT2D eigenvalue weighted by molar-refractivity contribution is 5.91. The molecule has 2 aliphatic rings. The summed E-state index contributed by atoms with van der Waals surface area (Å²) >= 11 is 0. The van der Waals surface area contributed by atoms with Crippen LogP contribution in [0.25, 0.3) is 0 Å². The minimum atomic E-state index is -0.370. The van der Waals surface area contributed by atoms with Crippen molar-refractivity contribution in [2.24, 2.45) is 0 Å². The van der Waals surface area contributed by atoms with Crippen LogP contribution >= 0.6 is 0 Å². The molecule has 108 valence electrons. The van der Waals surface area contributed by atoms with Gasteiger partial charge in [0.25, 0.3) is 0 Å². The highest BCUT2D eigenvalue weighted by Gasteiger charge is 2.53. The third-order valence-electron chi connectivity index (χ3n) is 4.25. The van der Waals surface area contributed by atoms with Crippen LogP contribution in [-0.2, 0) is 14.9 Å². The zero-order valence-corrected chi connectivity index (χ0v) is 11.4. The number of amides is 1. The van der Waals surface area contributed by atoms with E-state index in [9.17, 15) is 9.90 Å². The van der Waals surface area contributed by atoms with Gasteiger partial charge in [-0.2, -0.15) is 0 Å². The molecule has 1 atom stereocenters. The molecular formula is C15H20N2O3. The van der Waals surface area contributed by atoms with Gasteiger partial charge in [-0.1, -0.05) is 12.1 Å². The van der Waals surface area contributed by atoms with E-state index in [0.717, 1.165) is 18.4 Å². The molecule has 1 aliphatic heterocycles. The predicted octanol–water partition coefficient (Wildman–Crippen LogP) is 0.520. The Balaban J connectivity index is 1.77. The van der Waals surface area contributed by atoms with E-state index in [1.807, 2.05) is 29.2 Å². The average Bonchev–Trinajstić information content (AvgIpc) is 3.29. The van der Waals surface area contributed by atoms with Gasteiger partial charge in [-0.05, 0) is 30.5 Å². The fourth-order valence-electron chi connectivity index (χ4n) is 2.87. The number of hydrogen-bond donors (Lipinski definition) is 2. The van der Waals surface area contributed by atoms with Gasteiger partial charge in [-0.25, -0.2) is 0 Å². The highest BCUT2D eigenvalue weighted by atomic mass is 16.5. The number of hydrogen-bond acceptors (Lipinski definition) is 4. The number of ether oxygens (including phenoxy) is 1. The molecule has 0 radical (unpaired) electrons. The van der Waals surface area contributed by atoms with Gasteiger partial charge in [0, 0.05) is 18.8 Å². The van der Waals surface area contributed by atoms with Crippen LogP contribution in [0.5, 0.6) is 0 Å². The summed E-state index contributed by atoms with van der Waals surface area (Å²) in [7, 11) is 0. The highest BCUT2D eigenvalue weighted by Crippen LogP contribution is 2.49. The summed E-state index contributed by atoms with van der Waals surface area (Å²) in [5, 5.41) is 9.18. The number of anilines is 1. The number of nitrogens with zero attached hydrogens (tertiary/aromatic N) is 1. The zero-order chi connectivity index (χ0) is 14.2. The first-order valence-corrected chi connectivity index (χ1v) is 7.03. The first kappa shape index (κ1) is 13.4. The van der Waals surface area contributed by atoms with Crippen molar-refractivity contribution < 1.29 is 14.6 Å². The second-order valence-corrected chi connectivity index (χ2v) is 5.63. The molecule has 1 heterocycles. The van der Waals surface area contributed by atoms with Gasteiger partial charge in [-0.3, -0.25) is 4.79 Å². The fraction of sp³-hybridized carbons (Fsp3) is 0.533. The molecule has 2 fully saturated rings. The van der Waals surface area contributed by atoms with Crippen LogP contribution in [0, 0.1) is 0 Å². The third-order valence-corrected chi connectivity index (χ3v) is 4.25. The Labute approximate surface area is 118 Å². The minimum absolute atomic E-state index is 0.0430. The lowest BCUT2D eigenvalue weighted by atomic mass is 9.93. The summed E-state index contributed by atoms with van der Waals surface area (Å²) < 4.78 is 5.40. The normalized spacial score (nSPS) is 24.4. The number of aliphatic hydroxyl groups excluding tert-OH is 1. The van der Waals surface area contributed by atoms with Crippen molar-refractivity contribution in [3.8, 4) is 0 Å². The molecule has 1 amide bonds. The Morgan fingerprint density at radius 2 is 2.10 bits per heavy atom. The maximum absolute atomic E-state index is 12.8. The summed E-state index contributed by atoms with van der Waals surface area (Å²) in [5.41, 5.74) is 7.09.